The number of nitrogen functional groups attached to an aromatic ring is 1. The molecule has 5 nitrogen and oxygen atoms in total. The summed E-state index contributed by atoms with van der Waals surface area (Å²) < 4.78 is 39.4. The van der Waals surface area contributed by atoms with Crippen LogP contribution >= 0.6 is 0 Å². The number of H-pyrrole nitrogens is 1. The second-order valence-corrected chi connectivity index (χ2v) is 3.82. The number of hydrogen-bond donors (Lipinski definition) is 2. The van der Waals surface area contributed by atoms with E-state index >= 15 is 0 Å². The number of aromatic nitrogens is 4. The van der Waals surface area contributed by atoms with Crippen LogP contribution in [0.15, 0.2) is 18.3 Å². The van der Waals surface area contributed by atoms with Crippen molar-refractivity contribution in [3.63, 3.8) is 0 Å². The summed E-state index contributed by atoms with van der Waals surface area (Å²) in [6.45, 7) is 0. The molecule has 3 N–H and O–H groups in total. The molecule has 3 aromatic rings. The number of aromatic amines is 1. The monoisotopic (exact) mass is 265 g/mol. The van der Waals surface area contributed by atoms with Gasteiger partial charge in [-0.3, -0.25) is 5.10 Å². The van der Waals surface area contributed by atoms with Crippen molar-refractivity contribution < 1.29 is 13.2 Å². The van der Waals surface area contributed by atoms with Crippen LogP contribution in [0, 0.1) is 17.5 Å². The number of halogens is 3. The van der Waals surface area contributed by atoms with E-state index in [0.717, 1.165) is 12.1 Å². The molecular formula is C11H6F3N5. The molecule has 0 atom stereocenters. The average molecular weight is 265 g/mol. The summed E-state index contributed by atoms with van der Waals surface area (Å²) in [5.41, 5.74) is 6.05. The van der Waals surface area contributed by atoms with Gasteiger partial charge in [0.25, 0.3) is 0 Å². The predicted octanol–water partition coefficient (Wildman–Crippen LogP) is 2.02. The molecule has 0 amide bonds. The minimum atomic E-state index is -1.53. The summed E-state index contributed by atoms with van der Waals surface area (Å²) in [7, 11) is 0. The summed E-state index contributed by atoms with van der Waals surface area (Å²) in [4.78, 5) is 7.78. The van der Waals surface area contributed by atoms with Crippen molar-refractivity contribution in [2.24, 2.45) is 0 Å². The molecule has 0 saturated heterocycles. The minimum Gasteiger partial charge on any atom is -0.368 e. The Labute approximate surface area is 104 Å². The smallest absolute Gasteiger partial charge is 0.222 e. The first-order valence-corrected chi connectivity index (χ1v) is 5.18. The van der Waals surface area contributed by atoms with E-state index in [9.17, 15) is 13.2 Å². The molecule has 0 saturated carbocycles. The summed E-state index contributed by atoms with van der Waals surface area (Å²) in [6, 6.07) is 1.68. The highest BCUT2D eigenvalue weighted by atomic mass is 19.2. The first-order valence-electron chi connectivity index (χ1n) is 5.18. The van der Waals surface area contributed by atoms with E-state index in [1.54, 1.807) is 0 Å². The number of rotatable bonds is 1. The van der Waals surface area contributed by atoms with Crippen molar-refractivity contribution >= 4 is 17.0 Å². The Morgan fingerprint density at radius 1 is 1.05 bits per heavy atom. The first kappa shape index (κ1) is 11.5. The number of anilines is 1. The molecule has 0 bridgehead atoms. The van der Waals surface area contributed by atoms with Crippen LogP contribution in [0.3, 0.4) is 0 Å². The van der Waals surface area contributed by atoms with Crippen molar-refractivity contribution in [1.29, 1.82) is 0 Å². The number of hydrogen-bond acceptors (Lipinski definition) is 4. The number of nitrogens with two attached hydrogens (primary N) is 1. The Morgan fingerprint density at radius 2 is 1.74 bits per heavy atom. The van der Waals surface area contributed by atoms with Crippen molar-refractivity contribution in [3.05, 3.63) is 35.8 Å². The summed E-state index contributed by atoms with van der Waals surface area (Å²) in [6.07, 6.45) is 1.39. The van der Waals surface area contributed by atoms with Crippen LogP contribution in [0.2, 0.25) is 0 Å². The van der Waals surface area contributed by atoms with Gasteiger partial charge in [-0.1, -0.05) is 0 Å². The third kappa shape index (κ3) is 1.77. The number of nitrogens with one attached hydrogen (secondary N) is 1. The van der Waals surface area contributed by atoms with E-state index in [2.05, 4.69) is 20.2 Å². The lowest BCUT2D eigenvalue weighted by molar-refractivity contribution is 0.447. The second kappa shape index (κ2) is 3.94. The maximum atomic E-state index is 13.2. The minimum absolute atomic E-state index is 0.0527. The Balaban J connectivity index is 2.32. The van der Waals surface area contributed by atoms with Crippen molar-refractivity contribution in [3.8, 4) is 11.3 Å². The van der Waals surface area contributed by atoms with Gasteiger partial charge in [0, 0.05) is 5.56 Å². The number of nitrogens with zero attached hydrogens (tertiary/aromatic N) is 3. The molecule has 0 aliphatic rings. The van der Waals surface area contributed by atoms with Gasteiger partial charge in [0.1, 0.15) is 0 Å². The lowest BCUT2D eigenvalue weighted by Gasteiger charge is -2.05. The molecule has 2 heterocycles. The van der Waals surface area contributed by atoms with E-state index in [1.807, 2.05) is 0 Å². The Bertz CT molecular complexity index is 760. The van der Waals surface area contributed by atoms with Gasteiger partial charge in [-0.25, -0.2) is 18.2 Å². The van der Waals surface area contributed by atoms with Crippen LogP contribution in [0.1, 0.15) is 0 Å². The van der Waals surface area contributed by atoms with Crippen LogP contribution in [-0.2, 0) is 0 Å². The highest BCUT2D eigenvalue weighted by Gasteiger charge is 2.16. The molecule has 96 valence electrons. The van der Waals surface area contributed by atoms with E-state index < -0.39 is 17.5 Å². The molecule has 0 unspecified atom stereocenters. The van der Waals surface area contributed by atoms with Crippen molar-refractivity contribution in [2.75, 3.05) is 5.73 Å². The largest absolute Gasteiger partial charge is 0.368 e. The van der Waals surface area contributed by atoms with Crippen molar-refractivity contribution in [1.82, 2.24) is 20.2 Å². The zero-order valence-electron chi connectivity index (χ0n) is 9.28. The Kier molecular flexibility index (Phi) is 2.37. The van der Waals surface area contributed by atoms with E-state index in [1.165, 1.54) is 6.20 Å². The van der Waals surface area contributed by atoms with Crippen LogP contribution in [0.5, 0.6) is 0 Å². The van der Waals surface area contributed by atoms with Gasteiger partial charge >= 0.3 is 0 Å². The van der Waals surface area contributed by atoms with Crippen LogP contribution in [0.25, 0.3) is 22.3 Å². The second-order valence-electron chi connectivity index (χ2n) is 3.82. The molecular weight excluding hydrogens is 259 g/mol. The standard InChI is InChI=1S/C11H6F3N5/c12-6-1-4(2-7(13)8(6)14)9-5-3-16-19-10(5)18-11(15)17-9/h1-3H,(H3,15,16,17,18,19). The lowest BCUT2D eigenvalue weighted by atomic mass is 10.1. The molecule has 19 heavy (non-hydrogen) atoms. The fourth-order valence-electron chi connectivity index (χ4n) is 1.76. The van der Waals surface area contributed by atoms with Crippen LogP contribution in [0.4, 0.5) is 19.1 Å². The SMILES string of the molecule is Nc1nc(-c2cc(F)c(F)c(F)c2)c2cn[nH]c2n1. The van der Waals surface area contributed by atoms with E-state index in [0.29, 0.717) is 11.0 Å². The van der Waals surface area contributed by atoms with Gasteiger partial charge in [0.05, 0.1) is 17.3 Å². The average Bonchev–Trinajstić information content (AvgIpc) is 2.82. The molecule has 1 aromatic carbocycles. The maximum absolute atomic E-state index is 13.2. The maximum Gasteiger partial charge on any atom is 0.222 e. The quantitative estimate of drug-likeness (QED) is 0.659. The topological polar surface area (TPSA) is 80.5 Å². The van der Waals surface area contributed by atoms with E-state index in [4.69, 9.17) is 5.73 Å². The van der Waals surface area contributed by atoms with Gasteiger partial charge in [0.15, 0.2) is 23.1 Å². The summed E-state index contributed by atoms with van der Waals surface area (Å²) >= 11 is 0. The van der Waals surface area contributed by atoms with Gasteiger partial charge in [-0.05, 0) is 12.1 Å². The number of fused-ring (bicyclic) bond motifs is 1. The number of benzene rings is 1. The summed E-state index contributed by atoms with van der Waals surface area (Å²) in [5, 5.41) is 6.75. The molecule has 2 aromatic heterocycles. The summed E-state index contributed by atoms with van der Waals surface area (Å²) in [5.74, 6) is -4.22. The molecule has 0 aliphatic carbocycles. The van der Waals surface area contributed by atoms with Gasteiger partial charge in [-0.15, -0.1) is 0 Å². The van der Waals surface area contributed by atoms with Crippen LogP contribution < -0.4 is 5.73 Å². The van der Waals surface area contributed by atoms with E-state index in [-0.39, 0.29) is 17.2 Å². The zero-order valence-corrected chi connectivity index (χ0v) is 9.28. The molecule has 0 fully saturated rings. The fraction of sp³-hybridized carbons (Fsp3) is 0. The molecule has 3 rings (SSSR count). The molecule has 0 aliphatic heterocycles. The van der Waals surface area contributed by atoms with Crippen molar-refractivity contribution in [2.45, 2.75) is 0 Å². The van der Waals surface area contributed by atoms with Gasteiger partial charge < -0.3 is 5.73 Å². The molecule has 8 heteroatoms. The predicted molar refractivity (Wildman–Crippen MR) is 61.4 cm³/mol. The Hall–Kier alpha value is -2.64. The third-order valence-electron chi connectivity index (χ3n) is 2.58. The highest BCUT2D eigenvalue weighted by Crippen LogP contribution is 2.27. The van der Waals surface area contributed by atoms with Crippen LogP contribution in [-0.4, -0.2) is 20.2 Å². The molecule has 0 radical (unpaired) electrons. The Morgan fingerprint density at radius 3 is 2.42 bits per heavy atom. The fourth-order valence-corrected chi connectivity index (χ4v) is 1.76. The normalized spacial score (nSPS) is 11.1. The first-order chi connectivity index (χ1) is 9.06. The lowest BCUT2D eigenvalue weighted by Crippen LogP contribution is -1.99. The van der Waals surface area contributed by atoms with Gasteiger partial charge in [0.2, 0.25) is 5.95 Å². The third-order valence-corrected chi connectivity index (χ3v) is 2.58. The highest BCUT2D eigenvalue weighted by molar-refractivity contribution is 5.90. The van der Waals surface area contributed by atoms with Gasteiger partial charge in [-0.2, -0.15) is 10.1 Å². The molecule has 0 spiro atoms. The zero-order chi connectivity index (χ0) is 13.6.